The highest BCUT2D eigenvalue weighted by Crippen LogP contribution is 2.37. The Morgan fingerprint density at radius 2 is 1.74 bits per heavy atom. The van der Waals surface area contributed by atoms with E-state index in [1.165, 1.54) is 0 Å². The molecule has 23 heavy (non-hydrogen) atoms. The van der Waals surface area contributed by atoms with Gasteiger partial charge in [0.2, 0.25) is 0 Å². The molecule has 0 heterocycles. The van der Waals surface area contributed by atoms with Crippen molar-refractivity contribution in [2.24, 2.45) is 5.73 Å². The topological polar surface area (TPSA) is 75.4 Å². The van der Waals surface area contributed by atoms with Crippen molar-refractivity contribution < 1.29 is 9.90 Å². The molecule has 0 radical (unpaired) electrons. The number of halogens is 1. The van der Waals surface area contributed by atoms with Crippen molar-refractivity contribution in [1.82, 2.24) is 5.32 Å². The van der Waals surface area contributed by atoms with Crippen LogP contribution in [0.2, 0.25) is 5.02 Å². The number of aromatic hydroxyl groups is 1. The van der Waals surface area contributed by atoms with Gasteiger partial charge in [-0.2, -0.15) is 0 Å². The Hall–Kier alpha value is -2.72. The molecule has 0 aliphatic rings. The predicted molar refractivity (Wildman–Crippen MR) is 91.6 cm³/mol. The molecule has 0 spiro atoms. The van der Waals surface area contributed by atoms with Gasteiger partial charge in [-0.15, -0.1) is 0 Å². The number of phenolic OH excluding ortho intramolecular Hbond substituents is 1. The van der Waals surface area contributed by atoms with Crippen LogP contribution in [0.1, 0.15) is 17.2 Å². The highest BCUT2D eigenvalue weighted by atomic mass is 35.5. The Kier molecular flexibility index (Phi) is 4.08. The maximum Gasteiger partial charge on any atom is 0.312 e. The molecule has 4 N–H and O–H groups in total. The Morgan fingerprint density at radius 3 is 2.48 bits per heavy atom. The van der Waals surface area contributed by atoms with E-state index in [-0.39, 0.29) is 5.75 Å². The third-order valence-electron chi connectivity index (χ3n) is 3.74. The van der Waals surface area contributed by atoms with E-state index < -0.39 is 12.1 Å². The third kappa shape index (κ3) is 2.94. The molecule has 0 aliphatic heterocycles. The number of nitrogens with one attached hydrogen (secondary N) is 1. The number of hydrogen-bond donors (Lipinski definition) is 3. The average Bonchev–Trinajstić information content (AvgIpc) is 2.53. The van der Waals surface area contributed by atoms with E-state index >= 15 is 0 Å². The summed E-state index contributed by atoms with van der Waals surface area (Å²) in [7, 11) is 0. The zero-order valence-electron chi connectivity index (χ0n) is 12.2. The lowest BCUT2D eigenvalue weighted by molar-refractivity contribution is 0.247. The van der Waals surface area contributed by atoms with Crippen LogP contribution in [0.4, 0.5) is 4.79 Å². The number of fused-ring (bicyclic) bond motifs is 1. The van der Waals surface area contributed by atoms with E-state index in [4.69, 9.17) is 17.3 Å². The number of amides is 2. The van der Waals surface area contributed by atoms with Gasteiger partial charge in [-0.05, 0) is 28.5 Å². The molecule has 4 nitrogen and oxygen atoms in total. The lowest BCUT2D eigenvalue weighted by atomic mass is 9.92. The minimum atomic E-state index is -0.692. The van der Waals surface area contributed by atoms with Gasteiger partial charge in [0.25, 0.3) is 0 Å². The Balaban J connectivity index is 2.28. The van der Waals surface area contributed by atoms with Crippen LogP contribution in [0.25, 0.3) is 10.8 Å². The molecular formula is C18H15ClN2O2. The summed E-state index contributed by atoms with van der Waals surface area (Å²) in [5.41, 5.74) is 6.57. The van der Waals surface area contributed by atoms with Gasteiger partial charge in [0.05, 0.1) is 6.04 Å². The molecule has 0 aromatic heterocycles. The van der Waals surface area contributed by atoms with Gasteiger partial charge in [0.1, 0.15) is 5.75 Å². The summed E-state index contributed by atoms with van der Waals surface area (Å²) in [6.45, 7) is 0. The van der Waals surface area contributed by atoms with Crippen LogP contribution in [-0.4, -0.2) is 11.1 Å². The molecule has 0 aliphatic carbocycles. The molecule has 3 rings (SSSR count). The smallest absolute Gasteiger partial charge is 0.312 e. The Labute approximate surface area is 138 Å². The number of phenols is 1. The molecule has 0 bridgehead atoms. The fourth-order valence-electron chi connectivity index (χ4n) is 2.74. The molecule has 1 atom stereocenters. The molecule has 0 saturated carbocycles. The van der Waals surface area contributed by atoms with Crippen molar-refractivity contribution in [3.05, 3.63) is 76.8 Å². The number of carbonyl (C=O) groups excluding carboxylic acids is 1. The van der Waals surface area contributed by atoms with Crippen molar-refractivity contribution >= 4 is 28.4 Å². The van der Waals surface area contributed by atoms with E-state index in [2.05, 4.69) is 5.32 Å². The highest BCUT2D eigenvalue weighted by Gasteiger charge is 2.23. The summed E-state index contributed by atoms with van der Waals surface area (Å²) in [4.78, 5) is 11.5. The summed E-state index contributed by atoms with van der Waals surface area (Å²) >= 11 is 6.28. The van der Waals surface area contributed by atoms with Gasteiger partial charge in [-0.25, -0.2) is 4.79 Å². The summed E-state index contributed by atoms with van der Waals surface area (Å²) in [5, 5.41) is 15.3. The minimum Gasteiger partial charge on any atom is -0.508 e. The summed E-state index contributed by atoms with van der Waals surface area (Å²) in [5.74, 6) is 0.0716. The number of urea groups is 1. The van der Waals surface area contributed by atoms with Gasteiger partial charge in [0, 0.05) is 10.6 Å². The first-order chi connectivity index (χ1) is 11.1. The second-order valence-electron chi connectivity index (χ2n) is 5.18. The molecule has 3 aromatic rings. The van der Waals surface area contributed by atoms with Crippen molar-refractivity contribution in [1.29, 1.82) is 0 Å². The third-order valence-corrected chi connectivity index (χ3v) is 4.08. The van der Waals surface area contributed by atoms with E-state index in [0.29, 0.717) is 16.1 Å². The van der Waals surface area contributed by atoms with E-state index in [1.807, 2.05) is 36.4 Å². The molecule has 0 saturated heterocycles. The summed E-state index contributed by atoms with van der Waals surface area (Å²) in [6.07, 6.45) is 0. The second-order valence-corrected chi connectivity index (χ2v) is 5.59. The van der Waals surface area contributed by atoms with Crippen LogP contribution in [0, 0.1) is 0 Å². The van der Waals surface area contributed by atoms with Gasteiger partial charge < -0.3 is 16.2 Å². The number of nitrogens with two attached hydrogens (primary N) is 1. The molecule has 1 unspecified atom stereocenters. The first kappa shape index (κ1) is 15.2. The second kappa shape index (κ2) is 6.18. The van der Waals surface area contributed by atoms with Crippen LogP contribution in [0.15, 0.2) is 60.7 Å². The van der Waals surface area contributed by atoms with Gasteiger partial charge >= 0.3 is 6.03 Å². The van der Waals surface area contributed by atoms with Crippen molar-refractivity contribution in [2.75, 3.05) is 0 Å². The highest BCUT2D eigenvalue weighted by molar-refractivity contribution is 6.31. The standard InChI is InChI=1S/C18H15ClN2O2/c19-14-8-4-3-7-13(14)17(21-18(20)23)16-12-6-2-1-5-11(12)9-10-15(16)22/h1-10,17,22H,(H3,20,21,23). The van der Waals surface area contributed by atoms with Gasteiger partial charge in [0.15, 0.2) is 0 Å². The van der Waals surface area contributed by atoms with E-state index in [9.17, 15) is 9.90 Å². The van der Waals surface area contributed by atoms with Crippen LogP contribution in [0.5, 0.6) is 5.75 Å². The average molecular weight is 327 g/mol. The number of hydrogen-bond acceptors (Lipinski definition) is 2. The van der Waals surface area contributed by atoms with Crippen LogP contribution < -0.4 is 11.1 Å². The van der Waals surface area contributed by atoms with Crippen LogP contribution >= 0.6 is 11.6 Å². The normalized spacial score (nSPS) is 12.0. The summed E-state index contributed by atoms with van der Waals surface area (Å²) in [6, 6.07) is 16.8. The molecule has 3 aromatic carbocycles. The maximum atomic E-state index is 11.5. The lowest BCUT2D eigenvalue weighted by Gasteiger charge is -2.22. The monoisotopic (exact) mass is 326 g/mol. The Morgan fingerprint density at radius 1 is 1.04 bits per heavy atom. The Bertz CT molecular complexity index is 880. The van der Waals surface area contributed by atoms with Gasteiger partial charge in [-0.1, -0.05) is 60.1 Å². The fourth-order valence-corrected chi connectivity index (χ4v) is 2.99. The maximum absolute atomic E-state index is 11.5. The number of carbonyl (C=O) groups is 1. The molecule has 0 fully saturated rings. The molecule has 2 amide bonds. The first-order valence-corrected chi connectivity index (χ1v) is 7.46. The van der Waals surface area contributed by atoms with Crippen molar-refractivity contribution in [2.45, 2.75) is 6.04 Å². The quantitative estimate of drug-likeness (QED) is 0.681. The number of rotatable bonds is 3. The fraction of sp³-hybridized carbons (Fsp3) is 0.0556. The zero-order valence-corrected chi connectivity index (χ0v) is 12.9. The van der Waals surface area contributed by atoms with E-state index in [0.717, 1.165) is 10.8 Å². The van der Waals surface area contributed by atoms with E-state index in [1.54, 1.807) is 24.3 Å². The lowest BCUT2D eigenvalue weighted by Crippen LogP contribution is -2.34. The number of primary amides is 1. The molecule has 116 valence electrons. The van der Waals surface area contributed by atoms with Crippen molar-refractivity contribution in [3.8, 4) is 5.75 Å². The summed E-state index contributed by atoms with van der Waals surface area (Å²) < 4.78 is 0. The van der Waals surface area contributed by atoms with Crippen molar-refractivity contribution in [3.63, 3.8) is 0 Å². The first-order valence-electron chi connectivity index (χ1n) is 7.09. The SMILES string of the molecule is NC(=O)NC(c1ccccc1Cl)c1c(O)ccc2ccccc12. The minimum absolute atomic E-state index is 0.0716. The predicted octanol–water partition coefficient (Wildman–Crippen LogP) is 3.96. The molecular weight excluding hydrogens is 312 g/mol. The zero-order chi connectivity index (χ0) is 16.4. The largest absolute Gasteiger partial charge is 0.508 e. The number of benzene rings is 3. The van der Waals surface area contributed by atoms with Crippen LogP contribution in [0.3, 0.4) is 0 Å². The van der Waals surface area contributed by atoms with Crippen LogP contribution in [-0.2, 0) is 0 Å². The van der Waals surface area contributed by atoms with Gasteiger partial charge in [-0.3, -0.25) is 0 Å². The molecule has 5 heteroatoms.